The largest absolute Gasteiger partial charge is 0.481 e. The first-order valence-electron chi connectivity index (χ1n) is 12.2. The van der Waals surface area contributed by atoms with Crippen LogP contribution in [0, 0.1) is 17.3 Å². The molecule has 1 aliphatic heterocycles. The number of hydrogen-bond acceptors (Lipinski definition) is 4. The van der Waals surface area contributed by atoms with Crippen LogP contribution in [0.5, 0.6) is 0 Å². The number of fused-ring (bicyclic) bond motifs is 3. The number of nitrogens with one attached hydrogen (secondary N) is 1. The summed E-state index contributed by atoms with van der Waals surface area (Å²) in [6.45, 7) is 8.32. The summed E-state index contributed by atoms with van der Waals surface area (Å²) in [5.41, 5.74) is 4.00. The molecule has 35 heavy (non-hydrogen) atoms. The molecular formula is C28H34N2O5. The molecule has 2 N–H and O–H groups in total. The highest BCUT2D eigenvalue weighted by Crippen LogP contribution is 2.44. The minimum absolute atomic E-state index is 0.0666. The van der Waals surface area contributed by atoms with Crippen LogP contribution in [0.2, 0.25) is 0 Å². The molecule has 2 aromatic rings. The van der Waals surface area contributed by atoms with Crippen molar-refractivity contribution in [3.63, 3.8) is 0 Å². The van der Waals surface area contributed by atoms with Gasteiger partial charge < -0.3 is 20.1 Å². The highest BCUT2D eigenvalue weighted by Gasteiger charge is 2.46. The predicted octanol–water partition coefficient (Wildman–Crippen LogP) is 4.51. The van der Waals surface area contributed by atoms with Gasteiger partial charge in [0, 0.05) is 19.0 Å². The van der Waals surface area contributed by atoms with E-state index in [9.17, 15) is 19.5 Å². The molecule has 7 heteroatoms. The first-order chi connectivity index (χ1) is 16.6. The van der Waals surface area contributed by atoms with Crippen LogP contribution in [0.3, 0.4) is 0 Å². The lowest BCUT2D eigenvalue weighted by atomic mass is 9.82. The van der Waals surface area contributed by atoms with Crippen molar-refractivity contribution in [2.24, 2.45) is 17.3 Å². The Balaban J connectivity index is 1.44. The molecular weight excluding hydrogens is 444 g/mol. The summed E-state index contributed by atoms with van der Waals surface area (Å²) in [4.78, 5) is 39.4. The van der Waals surface area contributed by atoms with Gasteiger partial charge in [-0.05, 0) is 40.0 Å². The molecule has 2 atom stereocenters. The normalized spacial score (nSPS) is 19.2. The molecule has 186 valence electrons. The minimum Gasteiger partial charge on any atom is -0.481 e. The average Bonchev–Trinajstić information content (AvgIpc) is 3.30. The molecule has 0 bridgehead atoms. The smallest absolute Gasteiger partial charge is 0.407 e. The van der Waals surface area contributed by atoms with E-state index in [-0.39, 0.29) is 30.9 Å². The lowest BCUT2D eigenvalue weighted by Gasteiger charge is -2.26. The maximum Gasteiger partial charge on any atom is 0.407 e. The number of carboxylic acids is 1. The molecule has 1 heterocycles. The molecule has 4 rings (SSSR count). The fourth-order valence-electron chi connectivity index (χ4n) is 5.41. The number of alkyl carbamates (subject to hydrolysis) is 1. The van der Waals surface area contributed by atoms with Crippen molar-refractivity contribution >= 4 is 18.0 Å². The van der Waals surface area contributed by atoms with Crippen molar-refractivity contribution in [1.82, 2.24) is 10.2 Å². The Labute approximate surface area is 206 Å². The third kappa shape index (κ3) is 5.04. The van der Waals surface area contributed by atoms with E-state index in [1.54, 1.807) is 4.90 Å². The van der Waals surface area contributed by atoms with E-state index in [2.05, 4.69) is 29.6 Å². The number of carbonyl (C=O) groups is 3. The molecule has 2 aliphatic rings. The van der Waals surface area contributed by atoms with Gasteiger partial charge in [-0.2, -0.15) is 0 Å². The summed E-state index contributed by atoms with van der Waals surface area (Å²) in [6, 6.07) is 15.5. The van der Waals surface area contributed by atoms with Crippen molar-refractivity contribution in [2.75, 3.05) is 19.7 Å². The van der Waals surface area contributed by atoms with Crippen LogP contribution in [-0.4, -0.2) is 53.7 Å². The van der Waals surface area contributed by atoms with Crippen molar-refractivity contribution < 1.29 is 24.2 Å². The highest BCUT2D eigenvalue weighted by atomic mass is 16.5. The van der Waals surface area contributed by atoms with Gasteiger partial charge in [0.15, 0.2) is 0 Å². The van der Waals surface area contributed by atoms with Gasteiger partial charge in [-0.25, -0.2) is 4.79 Å². The third-order valence-corrected chi connectivity index (χ3v) is 7.20. The molecule has 1 aliphatic carbocycles. The molecule has 1 saturated heterocycles. The van der Waals surface area contributed by atoms with E-state index in [1.807, 2.05) is 52.0 Å². The first-order valence-corrected chi connectivity index (χ1v) is 12.2. The van der Waals surface area contributed by atoms with Crippen LogP contribution >= 0.6 is 0 Å². The molecule has 2 aromatic carbocycles. The van der Waals surface area contributed by atoms with E-state index in [4.69, 9.17) is 4.74 Å². The summed E-state index contributed by atoms with van der Waals surface area (Å²) in [7, 11) is 0. The number of likely N-dealkylation sites (tertiary alicyclic amines) is 1. The van der Waals surface area contributed by atoms with E-state index < -0.39 is 29.4 Å². The van der Waals surface area contributed by atoms with Gasteiger partial charge in [-0.15, -0.1) is 0 Å². The molecule has 1 unspecified atom stereocenters. The number of ether oxygens (including phenoxy) is 1. The maximum atomic E-state index is 13.3. The second-order valence-electron chi connectivity index (χ2n) is 10.8. The number of hydrogen-bond donors (Lipinski definition) is 2. The predicted molar refractivity (Wildman–Crippen MR) is 133 cm³/mol. The van der Waals surface area contributed by atoms with Crippen LogP contribution in [0.15, 0.2) is 48.5 Å². The Morgan fingerprint density at radius 2 is 1.63 bits per heavy atom. The number of carboxylic acid groups (broad SMARTS) is 1. The molecule has 0 spiro atoms. The number of aliphatic carboxylic acids is 1. The summed E-state index contributed by atoms with van der Waals surface area (Å²) in [6.07, 6.45) is -0.198. The van der Waals surface area contributed by atoms with Crippen LogP contribution in [0.1, 0.15) is 51.2 Å². The van der Waals surface area contributed by atoms with Crippen molar-refractivity contribution in [3.05, 3.63) is 59.7 Å². The fraction of sp³-hybridized carbons (Fsp3) is 0.464. The number of carbonyl (C=O) groups excluding carboxylic acids is 2. The van der Waals surface area contributed by atoms with Gasteiger partial charge in [0.05, 0.1) is 5.92 Å². The zero-order valence-corrected chi connectivity index (χ0v) is 20.8. The molecule has 7 nitrogen and oxygen atoms in total. The molecule has 0 radical (unpaired) electrons. The second kappa shape index (κ2) is 9.72. The summed E-state index contributed by atoms with van der Waals surface area (Å²) >= 11 is 0. The average molecular weight is 479 g/mol. The topological polar surface area (TPSA) is 95.9 Å². The monoisotopic (exact) mass is 478 g/mol. The minimum atomic E-state index is -0.907. The Morgan fingerprint density at radius 1 is 1.06 bits per heavy atom. The van der Waals surface area contributed by atoms with Gasteiger partial charge in [-0.1, -0.05) is 76.2 Å². The van der Waals surface area contributed by atoms with E-state index in [1.165, 1.54) is 0 Å². The first kappa shape index (κ1) is 24.8. The summed E-state index contributed by atoms with van der Waals surface area (Å²) < 4.78 is 5.65. The summed E-state index contributed by atoms with van der Waals surface area (Å²) in [5, 5.41) is 12.3. The standard InChI is InChI=1S/C28H34N2O5/c1-17(2)13-24(25(31)30-14-23(26(32)33)28(3,4)16-30)29-27(34)35-15-22-20-11-7-5-9-18(20)19-10-6-8-12-21(19)22/h5-12,17,22-24H,13-16H2,1-4H3,(H,29,34)(H,32,33)/t23?,24-/m1/s1. The van der Waals surface area contributed by atoms with Gasteiger partial charge in [-0.3, -0.25) is 9.59 Å². The Bertz CT molecular complexity index is 1080. The van der Waals surface area contributed by atoms with Crippen LogP contribution in [0.4, 0.5) is 4.79 Å². The van der Waals surface area contributed by atoms with Gasteiger partial charge in [0.1, 0.15) is 12.6 Å². The third-order valence-electron chi connectivity index (χ3n) is 7.20. The fourth-order valence-corrected chi connectivity index (χ4v) is 5.41. The molecule has 0 saturated carbocycles. The van der Waals surface area contributed by atoms with Crippen molar-refractivity contribution in [3.8, 4) is 11.1 Å². The number of benzene rings is 2. The SMILES string of the molecule is CC(C)C[C@@H](NC(=O)OCC1c2ccccc2-c2ccccc21)C(=O)N1CC(C(=O)O)C(C)(C)C1. The van der Waals surface area contributed by atoms with Gasteiger partial charge >= 0.3 is 12.1 Å². The van der Waals surface area contributed by atoms with E-state index >= 15 is 0 Å². The van der Waals surface area contributed by atoms with Gasteiger partial charge in [0.2, 0.25) is 5.91 Å². The van der Waals surface area contributed by atoms with Gasteiger partial charge in [0.25, 0.3) is 0 Å². The quantitative estimate of drug-likeness (QED) is 0.611. The second-order valence-corrected chi connectivity index (χ2v) is 10.8. The lowest BCUT2D eigenvalue weighted by Crippen LogP contribution is -2.49. The van der Waals surface area contributed by atoms with Crippen molar-refractivity contribution in [1.29, 1.82) is 0 Å². The number of nitrogens with zero attached hydrogens (tertiary/aromatic N) is 1. The van der Waals surface area contributed by atoms with E-state index in [0.29, 0.717) is 13.0 Å². The molecule has 2 amide bonds. The number of amides is 2. The van der Waals surface area contributed by atoms with Crippen LogP contribution in [0.25, 0.3) is 11.1 Å². The zero-order valence-electron chi connectivity index (χ0n) is 20.8. The number of rotatable bonds is 7. The molecule has 0 aromatic heterocycles. The van der Waals surface area contributed by atoms with Crippen LogP contribution < -0.4 is 5.32 Å². The Morgan fingerprint density at radius 3 is 2.14 bits per heavy atom. The van der Waals surface area contributed by atoms with Crippen molar-refractivity contribution in [2.45, 2.75) is 46.1 Å². The maximum absolute atomic E-state index is 13.3. The lowest BCUT2D eigenvalue weighted by molar-refractivity contribution is -0.144. The van der Waals surface area contributed by atoms with Crippen LogP contribution in [-0.2, 0) is 14.3 Å². The van der Waals surface area contributed by atoms with E-state index in [0.717, 1.165) is 22.3 Å². The zero-order chi connectivity index (χ0) is 25.3. The Hall–Kier alpha value is -3.35. The highest BCUT2D eigenvalue weighted by molar-refractivity contribution is 5.87. The molecule has 1 fully saturated rings. The summed E-state index contributed by atoms with van der Waals surface area (Å²) in [5.74, 6) is -1.72. The Kier molecular flexibility index (Phi) is 6.88.